The Bertz CT molecular complexity index is 229. The molecule has 0 heterocycles. The van der Waals surface area contributed by atoms with Crippen molar-refractivity contribution in [3.63, 3.8) is 0 Å². The average Bonchev–Trinajstić information content (AvgIpc) is 2.67. The number of aliphatic hydroxyl groups excluding tert-OH is 5. The number of hydrogen-bond acceptors (Lipinski definition) is 10. The second-order valence-corrected chi connectivity index (χ2v) is 5.22. The van der Waals surface area contributed by atoms with Gasteiger partial charge in [0.15, 0.2) is 0 Å². The highest BCUT2D eigenvalue weighted by Gasteiger charge is 2.32. The molecule has 0 aromatic rings. The van der Waals surface area contributed by atoms with E-state index in [0.717, 1.165) is 7.11 Å². The lowest BCUT2D eigenvalue weighted by Crippen LogP contribution is -2.42. The second kappa shape index (κ2) is 22.6. The Labute approximate surface area is 155 Å². The second-order valence-electron chi connectivity index (χ2n) is 5.22. The maximum atomic E-state index is 8.87. The highest BCUT2D eigenvalue weighted by atomic mass is 16.5. The zero-order valence-corrected chi connectivity index (χ0v) is 15.7. The van der Waals surface area contributed by atoms with Crippen LogP contribution in [0.15, 0.2) is 0 Å². The first kappa shape index (κ1) is 27.8. The van der Waals surface area contributed by atoms with E-state index in [1.54, 1.807) is 0 Å². The molecule has 0 amide bonds. The minimum atomic E-state index is -0.628. The van der Waals surface area contributed by atoms with Gasteiger partial charge in [-0.1, -0.05) is 0 Å². The van der Waals surface area contributed by atoms with Gasteiger partial charge in [0.2, 0.25) is 0 Å². The molecule has 10 nitrogen and oxygen atoms in total. The lowest BCUT2D eigenvalue weighted by Gasteiger charge is -2.32. The van der Waals surface area contributed by atoms with E-state index >= 15 is 0 Å². The first-order chi connectivity index (χ1) is 12.7. The summed E-state index contributed by atoms with van der Waals surface area (Å²) in [6.07, 6.45) is 0. The molecule has 0 spiro atoms. The molecule has 0 radical (unpaired) electrons. The van der Waals surface area contributed by atoms with E-state index in [-0.39, 0.29) is 79.3 Å². The SMILES string of the molecule is CO.OCCOCCOCC(COCCO)(COCCO)COCCO. The van der Waals surface area contributed by atoms with Gasteiger partial charge < -0.3 is 49.2 Å². The van der Waals surface area contributed by atoms with Gasteiger partial charge in [0.1, 0.15) is 0 Å². The van der Waals surface area contributed by atoms with E-state index in [1.165, 1.54) is 0 Å². The van der Waals surface area contributed by atoms with Crippen molar-refractivity contribution in [2.24, 2.45) is 5.41 Å². The Morgan fingerprint density at radius 1 is 0.462 bits per heavy atom. The van der Waals surface area contributed by atoms with Crippen molar-refractivity contribution in [1.82, 2.24) is 0 Å². The molecule has 0 aromatic heterocycles. The van der Waals surface area contributed by atoms with Crippen LogP contribution in [0.4, 0.5) is 0 Å². The smallest absolute Gasteiger partial charge is 0.0701 e. The predicted octanol–water partition coefficient (Wildman–Crippen LogP) is -2.37. The Balaban J connectivity index is 0. The first-order valence-corrected chi connectivity index (χ1v) is 8.51. The van der Waals surface area contributed by atoms with Crippen LogP contribution in [0.25, 0.3) is 0 Å². The average molecular weight is 388 g/mol. The Kier molecular flexibility index (Phi) is 24.2. The van der Waals surface area contributed by atoms with Crippen molar-refractivity contribution in [2.45, 2.75) is 0 Å². The van der Waals surface area contributed by atoms with Crippen LogP contribution < -0.4 is 0 Å². The van der Waals surface area contributed by atoms with Crippen molar-refractivity contribution in [3.05, 3.63) is 0 Å². The molecule has 0 atom stereocenters. The molecule has 0 aliphatic carbocycles. The van der Waals surface area contributed by atoms with E-state index in [1.807, 2.05) is 0 Å². The number of hydrogen-bond donors (Lipinski definition) is 5. The minimum Gasteiger partial charge on any atom is -0.400 e. The van der Waals surface area contributed by atoms with Crippen LogP contribution in [0.3, 0.4) is 0 Å². The quantitative estimate of drug-likeness (QED) is 0.152. The summed E-state index contributed by atoms with van der Waals surface area (Å²) in [5.74, 6) is 0. The van der Waals surface area contributed by atoms with Gasteiger partial charge in [-0.2, -0.15) is 0 Å². The normalized spacial score (nSPS) is 11.3. The van der Waals surface area contributed by atoms with Crippen molar-refractivity contribution < 1.29 is 49.2 Å². The fourth-order valence-electron chi connectivity index (χ4n) is 1.88. The number of aliphatic hydroxyl groups is 5. The summed E-state index contributed by atoms with van der Waals surface area (Å²) in [7, 11) is 1.00. The Morgan fingerprint density at radius 3 is 1.08 bits per heavy atom. The molecule has 0 aliphatic heterocycles. The summed E-state index contributed by atoms with van der Waals surface area (Å²) >= 11 is 0. The topological polar surface area (TPSA) is 147 Å². The van der Waals surface area contributed by atoms with Gasteiger partial charge in [0, 0.05) is 7.11 Å². The zero-order valence-electron chi connectivity index (χ0n) is 15.7. The first-order valence-electron chi connectivity index (χ1n) is 8.51. The standard InChI is InChI=1S/C15H32O9.CH4O/c16-1-5-20-9-10-24-14-15(11-21-6-2-17,12-22-7-3-18)13-23-8-4-19;1-2/h16-19H,1-14H2;2H,1H3. The highest BCUT2D eigenvalue weighted by molar-refractivity contribution is 4.79. The van der Waals surface area contributed by atoms with Crippen LogP contribution in [0.2, 0.25) is 0 Å². The van der Waals surface area contributed by atoms with E-state index < -0.39 is 5.41 Å². The van der Waals surface area contributed by atoms with Crippen molar-refractivity contribution in [3.8, 4) is 0 Å². The molecule has 0 aliphatic rings. The summed E-state index contributed by atoms with van der Waals surface area (Å²) < 4.78 is 27.0. The monoisotopic (exact) mass is 388 g/mol. The maximum absolute atomic E-state index is 8.87. The molecule has 0 fully saturated rings. The predicted molar refractivity (Wildman–Crippen MR) is 93.0 cm³/mol. The van der Waals surface area contributed by atoms with E-state index in [9.17, 15) is 0 Å². The molecular weight excluding hydrogens is 352 g/mol. The molecule has 0 unspecified atom stereocenters. The zero-order chi connectivity index (χ0) is 19.9. The molecular formula is C16H36O10. The lowest BCUT2D eigenvalue weighted by molar-refractivity contribution is -0.117. The largest absolute Gasteiger partial charge is 0.400 e. The van der Waals surface area contributed by atoms with Crippen molar-refractivity contribution in [2.75, 3.05) is 99.6 Å². The molecule has 0 saturated heterocycles. The summed E-state index contributed by atoms with van der Waals surface area (Å²) in [5, 5.41) is 42.2. The Morgan fingerprint density at radius 2 is 0.731 bits per heavy atom. The van der Waals surface area contributed by atoms with Crippen LogP contribution in [-0.4, -0.2) is 125 Å². The molecule has 0 rings (SSSR count). The van der Waals surface area contributed by atoms with Gasteiger partial charge in [-0.05, 0) is 0 Å². The van der Waals surface area contributed by atoms with Crippen LogP contribution in [-0.2, 0) is 23.7 Å². The maximum Gasteiger partial charge on any atom is 0.0701 e. The summed E-state index contributed by atoms with van der Waals surface area (Å²) in [6, 6.07) is 0. The lowest BCUT2D eigenvalue weighted by atomic mass is 9.92. The molecule has 0 saturated carbocycles. The van der Waals surface area contributed by atoms with Gasteiger partial charge in [0.05, 0.1) is 97.9 Å². The molecule has 0 aromatic carbocycles. The fraction of sp³-hybridized carbons (Fsp3) is 1.00. The third-order valence-corrected chi connectivity index (χ3v) is 2.95. The van der Waals surface area contributed by atoms with E-state index in [2.05, 4.69) is 0 Å². The summed E-state index contributed by atoms with van der Waals surface area (Å²) in [5.41, 5.74) is -0.628. The van der Waals surface area contributed by atoms with Gasteiger partial charge in [-0.15, -0.1) is 0 Å². The minimum absolute atomic E-state index is 0.0388. The summed E-state index contributed by atoms with van der Waals surface area (Å²) in [4.78, 5) is 0. The van der Waals surface area contributed by atoms with E-state index in [0.29, 0.717) is 13.2 Å². The third kappa shape index (κ3) is 17.0. The van der Waals surface area contributed by atoms with Gasteiger partial charge >= 0.3 is 0 Å². The number of rotatable bonds is 19. The van der Waals surface area contributed by atoms with E-state index in [4.69, 9.17) is 49.2 Å². The van der Waals surface area contributed by atoms with Crippen LogP contribution in [0.1, 0.15) is 0 Å². The molecule has 10 heteroatoms. The molecule has 0 bridgehead atoms. The van der Waals surface area contributed by atoms with Gasteiger partial charge in [0.25, 0.3) is 0 Å². The van der Waals surface area contributed by atoms with Crippen LogP contribution >= 0.6 is 0 Å². The molecule has 160 valence electrons. The molecule has 26 heavy (non-hydrogen) atoms. The van der Waals surface area contributed by atoms with Crippen LogP contribution in [0.5, 0.6) is 0 Å². The van der Waals surface area contributed by atoms with Crippen LogP contribution in [0, 0.1) is 5.41 Å². The van der Waals surface area contributed by atoms with Crippen molar-refractivity contribution in [1.29, 1.82) is 0 Å². The number of ether oxygens (including phenoxy) is 5. The Hall–Kier alpha value is -0.400. The summed E-state index contributed by atoms with van der Waals surface area (Å²) in [6.45, 7) is 2.14. The van der Waals surface area contributed by atoms with Gasteiger partial charge in [-0.3, -0.25) is 0 Å². The highest BCUT2D eigenvalue weighted by Crippen LogP contribution is 2.20. The third-order valence-electron chi connectivity index (χ3n) is 2.95. The fourth-order valence-corrected chi connectivity index (χ4v) is 1.88. The molecule has 5 N–H and O–H groups in total. The van der Waals surface area contributed by atoms with Gasteiger partial charge in [-0.25, -0.2) is 0 Å². The van der Waals surface area contributed by atoms with Crippen molar-refractivity contribution >= 4 is 0 Å².